The van der Waals surface area contributed by atoms with E-state index < -0.39 is 5.97 Å². The van der Waals surface area contributed by atoms with Crippen LogP contribution in [0.4, 0.5) is 0 Å². The molecule has 0 fully saturated rings. The summed E-state index contributed by atoms with van der Waals surface area (Å²) in [5.41, 5.74) is -0.0291. The minimum atomic E-state index is -1.12. The molecule has 86 valence electrons. The standard InChI is InChI=1S/C12H14O4/c1-2-3-4-8-16-11-9(12(14)15)6-5-7-10(11)13/h2,5-7,13H,1,3-4,8H2,(H,14,15). The van der Waals surface area contributed by atoms with Gasteiger partial charge in [0.25, 0.3) is 0 Å². The third-order valence-electron chi connectivity index (χ3n) is 2.02. The highest BCUT2D eigenvalue weighted by Gasteiger charge is 2.14. The van der Waals surface area contributed by atoms with Crippen molar-refractivity contribution < 1.29 is 19.7 Å². The molecule has 0 atom stereocenters. The van der Waals surface area contributed by atoms with Gasteiger partial charge in [0.2, 0.25) is 0 Å². The summed E-state index contributed by atoms with van der Waals surface area (Å²) >= 11 is 0. The van der Waals surface area contributed by atoms with Crippen molar-refractivity contribution >= 4 is 5.97 Å². The summed E-state index contributed by atoms with van der Waals surface area (Å²) in [5.74, 6) is -1.24. The molecule has 0 spiro atoms. The highest BCUT2D eigenvalue weighted by Crippen LogP contribution is 2.30. The van der Waals surface area contributed by atoms with Crippen LogP contribution in [0.5, 0.6) is 11.5 Å². The number of hydrogen-bond acceptors (Lipinski definition) is 3. The maximum Gasteiger partial charge on any atom is 0.339 e. The zero-order valence-corrected chi connectivity index (χ0v) is 8.85. The smallest absolute Gasteiger partial charge is 0.339 e. The predicted molar refractivity (Wildman–Crippen MR) is 60.0 cm³/mol. The van der Waals surface area contributed by atoms with Crippen LogP contribution >= 0.6 is 0 Å². The van der Waals surface area contributed by atoms with Crippen molar-refractivity contribution in [1.29, 1.82) is 0 Å². The Hall–Kier alpha value is -1.97. The van der Waals surface area contributed by atoms with Gasteiger partial charge in [-0.25, -0.2) is 4.79 Å². The highest BCUT2D eigenvalue weighted by molar-refractivity contribution is 5.91. The number of aromatic carboxylic acids is 1. The van der Waals surface area contributed by atoms with Gasteiger partial charge in [0.05, 0.1) is 6.61 Å². The van der Waals surface area contributed by atoms with Crippen molar-refractivity contribution in [2.75, 3.05) is 6.61 Å². The van der Waals surface area contributed by atoms with E-state index in [0.717, 1.165) is 12.8 Å². The van der Waals surface area contributed by atoms with Crippen LogP contribution in [-0.2, 0) is 0 Å². The van der Waals surface area contributed by atoms with E-state index in [4.69, 9.17) is 9.84 Å². The first kappa shape index (κ1) is 12.1. The summed E-state index contributed by atoms with van der Waals surface area (Å²) in [5, 5.41) is 18.4. The van der Waals surface area contributed by atoms with E-state index in [9.17, 15) is 9.90 Å². The fourth-order valence-electron chi connectivity index (χ4n) is 1.25. The van der Waals surface area contributed by atoms with Gasteiger partial charge in [-0.05, 0) is 25.0 Å². The number of aromatic hydroxyl groups is 1. The lowest BCUT2D eigenvalue weighted by Crippen LogP contribution is -2.04. The molecular weight excluding hydrogens is 208 g/mol. The number of rotatable bonds is 6. The Bertz CT molecular complexity index is 385. The van der Waals surface area contributed by atoms with E-state index in [1.807, 2.05) is 0 Å². The molecule has 2 N–H and O–H groups in total. The van der Waals surface area contributed by atoms with E-state index >= 15 is 0 Å². The Kier molecular flexibility index (Phi) is 4.39. The van der Waals surface area contributed by atoms with Gasteiger partial charge in [-0.2, -0.15) is 0 Å². The van der Waals surface area contributed by atoms with Crippen LogP contribution in [0.3, 0.4) is 0 Å². The quantitative estimate of drug-likeness (QED) is 0.573. The van der Waals surface area contributed by atoms with Crippen LogP contribution in [0, 0.1) is 0 Å². The second-order valence-electron chi connectivity index (χ2n) is 3.24. The Balaban J connectivity index is 2.76. The van der Waals surface area contributed by atoms with Gasteiger partial charge in [-0.1, -0.05) is 12.1 Å². The molecule has 0 bridgehead atoms. The highest BCUT2D eigenvalue weighted by atomic mass is 16.5. The largest absolute Gasteiger partial charge is 0.504 e. The number of carbonyl (C=O) groups is 1. The molecule has 0 radical (unpaired) electrons. The molecule has 1 aromatic carbocycles. The van der Waals surface area contributed by atoms with E-state index in [1.54, 1.807) is 6.08 Å². The molecule has 4 nitrogen and oxygen atoms in total. The molecule has 0 aromatic heterocycles. The van der Waals surface area contributed by atoms with Gasteiger partial charge >= 0.3 is 5.97 Å². The average molecular weight is 222 g/mol. The van der Waals surface area contributed by atoms with Crippen molar-refractivity contribution in [2.45, 2.75) is 12.8 Å². The van der Waals surface area contributed by atoms with Gasteiger partial charge in [0, 0.05) is 0 Å². The van der Waals surface area contributed by atoms with Crippen molar-refractivity contribution in [2.24, 2.45) is 0 Å². The Morgan fingerprint density at radius 2 is 2.25 bits per heavy atom. The molecule has 1 rings (SSSR count). The Morgan fingerprint density at radius 1 is 1.50 bits per heavy atom. The zero-order valence-electron chi connectivity index (χ0n) is 8.85. The lowest BCUT2D eigenvalue weighted by Gasteiger charge is -2.09. The number of phenols is 1. The first-order valence-electron chi connectivity index (χ1n) is 4.95. The number of ether oxygens (including phenoxy) is 1. The number of carboxylic acids is 1. The summed E-state index contributed by atoms with van der Waals surface area (Å²) in [6.45, 7) is 3.92. The molecule has 4 heteroatoms. The summed E-state index contributed by atoms with van der Waals surface area (Å²) < 4.78 is 5.25. The maximum absolute atomic E-state index is 10.9. The second kappa shape index (κ2) is 5.80. The van der Waals surface area contributed by atoms with E-state index in [2.05, 4.69) is 6.58 Å². The van der Waals surface area contributed by atoms with E-state index in [0.29, 0.717) is 6.61 Å². The topological polar surface area (TPSA) is 66.8 Å². The van der Waals surface area contributed by atoms with Gasteiger partial charge in [0.15, 0.2) is 11.5 Å². The molecule has 0 aliphatic rings. The predicted octanol–water partition coefficient (Wildman–Crippen LogP) is 2.44. The summed E-state index contributed by atoms with van der Waals surface area (Å²) in [6, 6.07) is 4.26. The van der Waals surface area contributed by atoms with Gasteiger partial charge in [-0.15, -0.1) is 6.58 Å². The van der Waals surface area contributed by atoms with Crippen molar-refractivity contribution in [3.63, 3.8) is 0 Å². The van der Waals surface area contributed by atoms with Crippen LogP contribution in [0.15, 0.2) is 30.9 Å². The number of benzene rings is 1. The summed E-state index contributed by atoms with van der Waals surface area (Å²) in [4.78, 5) is 10.9. The SMILES string of the molecule is C=CCCCOc1c(O)cccc1C(=O)O. The fourth-order valence-corrected chi connectivity index (χ4v) is 1.25. The fraction of sp³-hybridized carbons (Fsp3) is 0.250. The first-order chi connectivity index (χ1) is 7.66. The number of phenolic OH excluding ortho intramolecular Hbond substituents is 1. The van der Waals surface area contributed by atoms with Crippen LogP contribution < -0.4 is 4.74 Å². The molecule has 0 saturated carbocycles. The minimum Gasteiger partial charge on any atom is -0.504 e. The molecular formula is C12H14O4. The van der Waals surface area contributed by atoms with Crippen LogP contribution in [-0.4, -0.2) is 22.8 Å². The maximum atomic E-state index is 10.9. The molecule has 0 aliphatic carbocycles. The molecule has 0 amide bonds. The number of unbranched alkanes of at least 4 members (excludes halogenated alkanes) is 1. The summed E-state index contributed by atoms with van der Waals surface area (Å²) in [6.07, 6.45) is 3.28. The second-order valence-corrected chi connectivity index (χ2v) is 3.24. The molecule has 0 saturated heterocycles. The van der Waals surface area contributed by atoms with Crippen LogP contribution in [0.25, 0.3) is 0 Å². The van der Waals surface area contributed by atoms with Crippen molar-refractivity contribution in [3.8, 4) is 11.5 Å². The number of carboxylic acid groups (broad SMARTS) is 1. The molecule has 0 unspecified atom stereocenters. The number of hydrogen-bond donors (Lipinski definition) is 2. The lowest BCUT2D eigenvalue weighted by atomic mass is 10.2. The average Bonchev–Trinajstić information content (AvgIpc) is 2.25. The lowest BCUT2D eigenvalue weighted by molar-refractivity contribution is 0.0691. The monoisotopic (exact) mass is 222 g/mol. The molecule has 0 heterocycles. The van der Waals surface area contributed by atoms with Crippen LogP contribution in [0.1, 0.15) is 23.2 Å². The summed E-state index contributed by atoms with van der Waals surface area (Å²) in [7, 11) is 0. The van der Waals surface area contributed by atoms with E-state index in [-0.39, 0.29) is 17.1 Å². The normalized spacial score (nSPS) is 9.75. The number of para-hydroxylation sites is 1. The molecule has 16 heavy (non-hydrogen) atoms. The molecule has 0 aliphatic heterocycles. The number of allylic oxidation sites excluding steroid dienone is 1. The minimum absolute atomic E-state index is 0.0269. The van der Waals surface area contributed by atoms with Gasteiger partial charge in [-0.3, -0.25) is 0 Å². The first-order valence-corrected chi connectivity index (χ1v) is 4.95. The van der Waals surface area contributed by atoms with Crippen LogP contribution in [0.2, 0.25) is 0 Å². The van der Waals surface area contributed by atoms with Crippen molar-refractivity contribution in [1.82, 2.24) is 0 Å². The van der Waals surface area contributed by atoms with E-state index in [1.165, 1.54) is 18.2 Å². The molecule has 1 aromatic rings. The van der Waals surface area contributed by atoms with Crippen molar-refractivity contribution in [3.05, 3.63) is 36.4 Å². The zero-order chi connectivity index (χ0) is 12.0. The third-order valence-corrected chi connectivity index (χ3v) is 2.02. The van der Waals surface area contributed by atoms with Gasteiger partial charge in [0.1, 0.15) is 5.56 Å². The van der Waals surface area contributed by atoms with Gasteiger partial charge < -0.3 is 14.9 Å². The third kappa shape index (κ3) is 3.02. The Labute approximate surface area is 93.8 Å². The Morgan fingerprint density at radius 3 is 2.88 bits per heavy atom.